The molecule has 0 spiro atoms. The molecule has 0 unspecified atom stereocenters. The SMILES string of the molecule is C=CC1=C(O)/C(=C\C)C1=O. The number of hydrogen-bond acceptors (Lipinski definition) is 2. The van der Waals surface area contributed by atoms with E-state index in [2.05, 4.69) is 6.58 Å². The summed E-state index contributed by atoms with van der Waals surface area (Å²) in [6, 6.07) is 0. The smallest absolute Gasteiger partial charge is 0.200 e. The molecule has 1 aliphatic carbocycles. The Morgan fingerprint density at radius 2 is 2.20 bits per heavy atom. The average Bonchev–Trinajstić information content (AvgIpc) is 1.90. The summed E-state index contributed by atoms with van der Waals surface area (Å²) < 4.78 is 0. The summed E-state index contributed by atoms with van der Waals surface area (Å²) in [4.78, 5) is 10.9. The Morgan fingerprint density at radius 3 is 2.50 bits per heavy atom. The summed E-state index contributed by atoms with van der Waals surface area (Å²) in [5, 5.41) is 9.06. The number of aliphatic hydroxyl groups is 1. The van der Waals surface area contributed by atoms with Gasteiger partial charge in [0.2, 0.25) is 0 Å². The Morgan fingerprint density at radius 1 is 1.60 bits per heavy atom. The van der Waals surface area contributed by atoms with Crippen molar-refractivity contribution in [3.05, 3.63) is 35.6 Å². The van der Waals surface area contributed by atoms with Crippen LogP contribution in [0, 0.1) is 0 Å². The molecule has 0 aromatic rings. The van der Waals surface area contributed by atoms with Gasteiger partial charge in [0.1, 0.15) is 5.76 Å². The van der Waals surface area contributed by atoms with Gasteiger partial charge < -0.3 is 5.11 Å². The molecule has 0 radical (unpaired) electrons. The maximum absolute atomic E-state index is 10.9. The van der Waals surface area contributed by atoms with Gasteiger partial charge in [-0.25, -0.2) is 0 Å². The van der Waals surface area contributed by atoms with Crippen LogP contribution in [0.2, 0.25) is 0 Å². The van der Waals surface area contributed by atoms with Crippen molar-refractivity contribution in [2.45, 2.75) is 6.92 Å². The molecule has 0 amide bonds. The van der Waals surface area contributed by atoms with Gasteiger partial charge in [-0.2, -0.15) is 0 Å². The van der Waals surface area contributed by atoms with Crippen molar-refractivity contribution in [2.24, 2.45) is 0 Å². The van der Waals surface area contributed by atoms with Crippen molar-refractivity contribution in [1.82, 2.24) is 0 Å². The summed E-state index contributed by atoms with van der Waals surface area (Å²) >= 11 is 0. The largest absolute Gasteiger partial charge is 0.506 e. The second-order valence-electron chi connectivity index (χ2n) is 2.00. The molecule has 0 fully saturated rings. The third-order valence-electron chi connectivity index (χ3n) is 1.49. The molecule has 0 aromatic heterocycles. The Labute approximate surface area is 59.2 Å². The van der Waals surface area contributed by atoms with Gasteiger partial charge in [-0.05, 0) is 6.92 Å². The second kappa shape index (κ2) is 2.14. The molecule has 0 aromatic carbocycles. The minimum absolute atomic E-state index is 0.0718. The molecule has 10 heavy (non-hydrogen) atoms. The zero-order chi connectivity index (χ0) is 7.72. The van der Waals surface area contributed by atoms with E-state index in [4.69, 9.17) is 5.11 Å². The van der Waals surface area contributed by atoms with Crippen LogP contribution >= 0.6 is 0 Å². The number of rotatable bonds is 1. The van der Waals surface area contributed by atoms with Crippen molar-refractivity contribution in [1.29, 1.82) is 0 Å². The van der Waals surface area contributed by atoms with E-state index in [1.807, 2.05) is 0 Å². The number of hydrogen-bond donors (Lipinski definition) is 1. The predicted molar refractivity (Wildman–Crippen MR) is 38.6 cm³/mol. The molecular weight excluding hydrogens is 128 g/mol. The molecule has 1 rings (SSSR count). The highest BCUT2D eigenvalue weighted by Crippen LogP contribution is 2.28. The van der Waals surface area contributed by atoms with Crippen LogP contribution in [-0.2, 0) is 4.79 Å². The zero-order valence-corrected chi connectivity index (χ0v) is 5.72. The first-order valence-corrected chi connectivity index (χ1v) is 2.99. The van der Waals surface area contributed by atoms with E-state index in [0.717, 1.165) is 0 Å². The lowest BCUT2D eigenvalue weighted by atomic mass is 9.88. The van der Waals surface area contributed by atoms with Crippen molar-refractivity contribution in [3.8, 4) is 0 Å². The van der Waals surface area contributed by atoms with Crippen molar-refractivity contribution >= 4 is 5.78 Å². The quantitative estimate of drug-likeness (QED) is 0.555. The van der Waals surface area contributed by atoms with Crippen LogP contribution in [0.1, 0.15) is 6.92 Å². The first kappa shape index (κ1) is 6.81. The molecule has 0 bridgehead atoms. The lowest BCUT2D eigenvalue weighted by Crippen LogP contribution is -2.20. The molecule has 2 nitrogen and oxygen atoms in total. The summed E-state index contributed by atoms with van der Waals surface area (Å²) in [5.41, 5.74) is 0.725. The fourth-order valence-corrected chi connectivity index (χ4v) is 0.900. The number of carbonyl (C=O) groups is 1. The van der Waals surface area contributed by atoms with Gasteiger partial charge in [0, 0.05) is 0 Å². The normalized spacial score (nSPS) is 21.3. The fourth-order valence-electron chi connectivity index (χ4n) is 0.900. The molecular formula is C8H8O2. The van der Waals surface area contributed by atoms with Crippen molar-refractivity contribution in [2.75, 3.05) is 0 Å². The summed E-state index contributed by atoms with van der Waals surface area (Å²) in [6.07, 6.45) is 2.95. The van der Waals surface area contributed by atoms with Gasteiger partial charge in [-0.3, -0.25) is 4.79 Å². The lowest BCUT2D eigenvalue weighted by molar-refractivity contribution is -0.113. The van der Waals surface area contributed by atoms with Crippen LogP contribution in [0.5, 0.6) is 0 Å². The van der Waals surface area contributed by atoms with E-state index >= 15 is 0 Å². The van der Waals surface area contributed by atoms with E-state index in [-0.39, 0.29) is 11.5 Å². The monoisotopic (exact) mass is 136 g/mol. The third-order valence-corrected chi connectivity index (χ3v) is 1.49. The first-order chi connectivity index (χ1) is 4.72. The molecule has 0 heterocycles. The maximum Gasteiger partial charge on any atom is 0.200 e. The van der Waals surface area contributed by atoms with E-state index in [0.29, 0.717) is 11.1 Å². The molecule has 1 aliphatic rings. The highest BCUT2D eigenvalue weighted by molar-refractivity contribution is 6.20. The number of aliphatic hydroxyl groups excluding tert-OH is 1. The fraction of sp³-hybridized carbons (Fsp3) is 0.125. The average molecular weight is 136 g/mol. The van der Waals surface area contributed by atoms with Crippen LogP contribution in [0.25, 0.3) is 0 Å². The predicted octanol–water partition coefficient (Wildman–Crippen LogP) is 1.51. The van der Waals surface area contributed by atoms with E-state index in [9.17, 15) is 4.79 Å². The number of ketones is 1. The van der Waals surface area contributed by atoms with Crippen LogP contribution in [0.4, 0.5) is 0 Å². The van der Waals surface area contributed by atoms with Crippen LogP contribution < -0.4 is 0 Å². The van der Waals surface area contributed by atoms with Gasteiger partial charge >= 0.3 is 0 Å². The highest BCUT2D eigenvalue weighted by Gasteiger charge is 2.30. The Balaban J connectivity index is 3.10. The van der Waals surface area contributed by atoms with Gasteiger partial charge in [0.15, 0.2) is 5.78 Å². The number of carbonyl (C=O) groups excluding carboxylic acids is 1. The molecule has 0 saturated heterocycles. The standard InChI is InChI=1S/C8H8O2/c1-3-5-7(9)6(4-2)8(5)10/h3-4,9H,1H2,2H3/b6-4+. The number of Topliss-reactive ketones (excluding diaryl/α,β-unsaturated/α-hetero) is 1. The molecule has 0 atom stereocenters. The van der Waals surface area contributed by atoms with Crippen LogP contribution in [-0.4, -0.2) is 10.9 Å². The zero-order valence-electron chi connectivity index (χ0n) is 5.72. The summed E-state index contributed by atoms with van der Waals surface area (Å²) in [6.45, 7) is 5.10. The topological polar surface area (TPSA) is 37.3 Å². The lowest BCUT2D eigenvalue weighted by Gasteiger charge is -2.17. The third kappa shape index (κ3) is 0.620. The molecule has 0 aliphatic heterocycles. The van der Waals surface area contributed by atoms with Crippen molar-refractivity contribution < 1.29 is 9.90 Å². The Bertz CT molecular complexity index is 256. The van der Waals surface area contributed by atoms with Gasteiger partial charge in [0.05, 0.1) is 11.1 Å². The number of allylic oxidation sites excluding steroid dienone is 4. The van der Waals surface area contributed by atoms with E-state index in [1.54, 1.807) is 13.0 Å². The van der Waals surface area contributed by atoms with Crippen LogP contribution in [0.15, 0.2) is 35.6 Å². The molecule has 0 saturated carbocycles. The van der Waals surface area contributed by atoms with E-state index < -0.39 is 0 Å². The summed E-state index contributed by atoms with van der Waals surface area (Å²) in [5.74, 6) is -0.0440. The van der Waals surface area contributed by atoms with E-state index in [1.165, 1.54) is 6.08 Å². The minimum Gasteiger partial charge on any atom is -0.506 e. The Hall–Kier alpha value is -1.31. The van der Waals surface area contributed by atoms with Crippen LogP contribution in [0.3, 0.4) is 0 Å². The molecule has 2 heteroatoms. The minimum atomic E-state index is -0.116. The maximum atomic E-state index is 10.9. The second-order valence-corrected chi connectivity index (χ2v) is 2.00. The Kier molecular flexibility index (Phi) is 1.45. The van der Waals surface area contributed by atoms with Gasteiger partial charge in [0.25, 0.3) is 0 Å². The van der Waals surface area contributed by atoms with Crippen molar-refractivity contribution in [3.63, 3.8) is 0 Å². The van der Waals surface area contributed by atoms with Gasteiger partial charge in [-0.1, -0.05) is 18.7 Å². The van der Waals surface area contributed by atoms with Gasteiger partial charge in [-0.15, -0.1) is 0 Å². The first-order valence-electron chi connectivity index (χ1n) is 2.99. The summed E-state index contributed by atoms with van der Waals surface area (Å²) in [7, 11) is 0. The highest BCUT2D eigenvalue weighted by atomic mass is 16.3. The molecule has 52 valence electrons. The molecule has 1 N–H and O–H groups in total.